The van der Waals surface area contributed by atoms with Crippen LogP contribution >= 0.6 is 0 Å². The number of para-hydroxylation sites is 4. The van der Waals surface area contributed by atoms with Crippen molar-refractivity contribution in [2.45, 2.75) is 32.1 Å². The van der Waals surface area contributed by atoms with Gasteiger partial charge in [-0.2, -0.15) is 5.26 Å². The van der Waals surface area contributed by atoms with Crippen LogP contribution in [0.25, 0.3) is 127 Å². The molecule has 0 saturated carbocycles. The van der Waals surface area contributed by atoms with Crippen molar-refractivity contribution in [2.24, 2.45) is 0 Å². The summed E-state index contributed by atoms with van der Waals surface area (Å²) < 4.78 is 4.95. The zero-order valence-electron chi connectivity index (χ0n) is 57.2. The zero-order valence-corrected chi connectivity index (χ0v) is 57.2. The summed E-state index contributed by atoms with van der Waals surface area (Å²) in [4.78, 5) is 6.62. The van der Waals surface area contributed by atoms with Crippen LogP contribution in [-0.4, -0.2) is 15.8 Å². The molecule has 5 nitrogen and oxygen atoms in total. The van der Waals surface area contributed by atoms with Crippen molar-refractivity contribution in [2.75, 3.05) is 4.90 Å². The molecular weight excluding hydrogens is 1250 g/mol. The molecule has 0 bridgehead atoms. The summed E-state index contributed by atoms with van der Waals surface area (Å²) in [6.45, 7) is 15.1. The number of benzene rings is 15. The van der Waals surface area contributed by atoms with Gasteiger partial charge in [0.05, 0.1) is 46.0 Å². The van der Waals surface area contributed by atoms with Crippen LogP contribution < -0.4 is 21.3 Å². The van der Waals surface area contributed by atoms with Crippen LogP contribution in [0.5, 0.6) is 0 Å². The molecule has 103 heavy (non-hydrogen) atoms. The van der Waals surface area contributed by atoms with E-state index in [1.165, 1.54) is 60.2 Å². The van der Waals surface area contributed by atoms with E-state index in [4.69, 9.17) is 6.57 Å². The average Bonchev–Trinajstić information content (AvgIpc) is 0.814. The number of aromatic nitrogens is 2. The molecule has 2 aliphatic rings. The summed E-state index contributed by atoms with van der Waals surface area (Å²) >= 11 is 0. The molecule has 0 amide bonds. The van der Waals surface area contributed by atoms with Gasteiger partial charge in [-0.05, 0) is 185 Å². The smallest absolute Gasteiger partial charge is 0.247 e. The summed E-state index contributed by atoms with van der Waals surface area (Å²) in [5.41, 5.74) is 32.2. The third-order valence-corrected chi connectivity index (χ3v) is 21.7. The molecule has 15 aromatic carbocycles. The molecule has 0 N–H and O–H groups in total. The van der Waals surface area contributed by atoms with Crippen molar-refractivity contribution in [1.82, 2.24) is 9.13 Å². The Hall–Kier alpha value is -13.3. The number of hydrogen-bond donors (Lipinski definition) is 0. The lowest BCUT2D eigenvalue weighted by Crippen LogP contribution is -2.62. The maximum Gasteiger partial charge on any atom is 0.247 e. The molecule has 482 valence electrons. The number of anilines is 3. The second-order valence-electron chi connectivity index (χ2n) is 28.5. The molecule has 4 heterocycles. The number of nitriles is 1. The highest BCUT2D eigenvalue weighted by Crippen LogP contribution is 2.55. The van der Waals surface area contributed by atoms with Gasteiger partial charge in [-0.1, -0.05) is 275 Å². The minimum atomic E-state index is -0.391. The van der Waals surface area contributed by atoms with E-state index >= 15 is 0 Å². The largest absolute Gasteiger partial charge is 0.310 e. The number of nitrogens with zero attached hydrogens (tertiary/aromatic N) is 5. The van der Waals surface area contributed by atoms with Crippen LogP contribution in [0, 0.1) is 17.9 Å². The van der Waals surface area contributed by atoms with Gasteiger partial charge in [0.2, 0.25) is 6.71 Å². The molecule has 1 atom stereocenters. The van der Waals surface area contributed by atoms with Gasteiger partial charge in [-0.15, -0.1) is 0 Å². The quantitative estimate of drug-likeness (QED) is 0.101. The van der Waals surface area contributed by atoms with E-state index < -0.39 is 5.92 Å². The highest BCUT2D eigenvalue weighted by Gasteiger charge is 2.47. The molecule has 0 aliphatic carbocycles. The zero-order chi connectivity index (χ0) is 69.0. The van der Waals surface area contributed by atoms with Gasteiger partial charge in [0, 0.05) is 61.3 Å². The highest BCUT2D eigenvalue weighted by molar-refractivity contribution is 6.99. The molecular formula is C97H66BN5. The molecule has 0 saturated heterocycles. The Labute approximate surface area is 600 Å². The van der Waals surface area contributed by atoms with Crippen LogP contribution in [0.15, 0.2) is 340 Å². The monoisotopic (exact) mass is 1310 g/mol. The van der Waals surface area contributed by atoms with Gasteiger partial charge in [-0.25, -0.2) is 4.85 Å². The standard InChI is InChI=1S/C97H66BN5/c1-97(2,3)71-57-84-94(93-79(65-29-13-7-14-30-65)53-69(63-25-9-5-10-26-63)54-80(93)67-45-47-72(100-4)48-46-67)83-59-73(101-87-37-21-17-33-75(87)76-34-18-22-38-88(76)101)49-51-85(83)98-86-52-50-74(102-89-39-23-19-35-77(89)78-36-20-24-40-90(78)102)60-91(86)103(92(58-71)95(84)98)96-81(66-31-15-8-16-32-66)55-70(64-27-11-6-12-28-64)56-82(96)68-43-41-62(61-99)42-44-68/h5-60,94H,1-3H3. The molecule has 1 unspecified atom stereocenters. The van der Waals surface area contributed by atoms with Crippen molar-refractivity contribution < 1.29 is 0 Å². The van der Waals surface area contributed by atoms with E-state index in [-0.39, 0.29) is 12.1 Å². The van der Waals surface area contributed by atoms with E-state index in [2.05, 4.69) is 361 Å². The van der Waals surface area contributed by atoms with Crippen molar-refractivity contribution in [3.8, 4) is 84.2 Å². The first-order valence-electron chi connectivity index (χ1n) is 35.5. The Kier molecular flexibility index (Phi) is 14.4. The summed E-state index contributed by atoms with van der Waals surface area (Å²) in [5, 5.41) is 15.3. The molecule has 2 aromatic heterocycles. The Bertz CT molecular complexity index is 5860. The Balaban J connectivity index is 1.00. The van der Waals surface area contributed by atoms with Crippen molar-refractivity contribution in [3.63, 3.8) is 0 Å². The lowest BCUT2D eigenvalue weighted by Gasteiger charge is -2.45. The minimum absolute atomic E-state index is 0.275. The van der Waals surface area contributed by atoms with Crippen molar-refractivity contribution in [3.05, 3.63) is 379 Å². The average molecular weight is 1310 g/mol. The normalized spacial score (nSPS) is 13.0. The van der Waals surface area contributed by atoms with Gasteiger partial charge < -0.3 is 14.0 Å². The molecule has 0 radical (unpaired) electrons. The third kappa shape index (κ3) is 9.97. The maximum atomic E-state index is 10.5. The van der Waals surface area contributed by atoms with Crippen LogP contribution in [-0.2, 0) is 5.41 Å². The Morgan fingerprint density at radius 1 is 0.369 bits per heavy atom. The second kappa shape index (κ2) is 24.3. The van der Waals surface area contributed by atoms with Crippen molar-refractivity contribution in [1.29, 1.82) is 5.26 Å². The molecule has 19 rings (SSSR count). The lowest BCUT2D eigenvalue weighted by molar-refractivity contribution is 0.589. The predicted octanol–water partition coefficient (Wildman–Crippen LogP) is 23.4. The maximum absolute atomic E-state index is 10.5. The molecule has 17 aromatic rings. The number of rotatable bonds is 10. The fourth-order valence-corrected chi connectivity index (χ4v) is 16.9. The fourth-order valence-electron chi connectivity index (χ4n) is 16.9. The predicted molar refractivity (Wildman–Crippen MR) is 431 cm³/mol. The summed E-state index contributed by atoms with van der Waals surface area (Å²) in [5.74, 6) is -0.391. The van der Waals surface area contributed by atoms with Gasteiger partial charge in [0.1, 0.15) is 0 Å². The first-order chi connectivity index (χ1) is 50.6. The van der Waals surface area contributed by atoms with E-state index in [9.17, 15) is 5.26 Å². The Morgan fingerprint density at radius 3 is 1.25 bits per heavy atom. The number of hydrogen-bond acceptors (Lipinski definition) is 2. The van der Waals surface area contributed by atoms with Gasteiger partial charge in [-0.3, -0.25) is 0 Å². The molecule has 0 spiro atoms. The van der Waals surface area contributed by atoms with E-state index in [0.717, 1.165) is 117 Å². The number of fused-ring (bicyclic) bond motifs is 10. The molecule has 2 aliphatic heterocycles. The SMILES string of the molecule is [C-]#[N+]c1ccc(-c2cc(-c3ccccc3)cc(-c3ccccc3)c2C2c3cc(-n4c5ccccc5c5ccccc54)ccc3B3c4ccc(-n5c6ccccc6c6ccccc65)cc4N(c4c(-c5ccccc5)cc(-c5ccccc5)cc4-c4ccc(C#N)cc4)c4cc(C(C)(C)C)cc2c43)cc1. The third-order valence-electron chi connectivity index (χ3n) is 21.7. The molecule has 0 fully saturated rings. The summed E-state index contributed by atoms with van der Waals surface area (Å²) in [7, 11) is 0. The highest BCUT2D eigenvalue weighted by atomic mass is 15.2. The first kappa shape index (κ1) is 60.9. The van der Waals surface area contributed by atoms with Gasteiger partial charge in [0.15, 0.2) is 5.69 Å². The lowest BCUT2D eigenvalue weighted by atomic mass is 9.31. The fraction of sp³-hybridized carbons (Fsp3) is 0.0515. The first-order valence-corrected chi connectivity index (χ1v) is 35.5. The summed E-state index contributed by atoms with van der Waals surface area (Å²) in [6.07, 6.45) is 0. The van der Waals surface area contributed by atoms with Crippen LogP contribution in [0.4, 0.5) is 22.7 Å². The van der Waals surface area contributed by atoms with Crippen LogP contribution in [0.3, 0.4) is 0 Å². The summed E-state index contributed by atoms with van der Waals surface area (Å²) in [6, 6.07) is 127. The van der Waals surface area contributed by atoms with Crippen LogP contribution in [0.2, 0.25) is 0 Å². The minimum Gasteiger partial charge on any atom is -0.310 e. The molecule has 6 heteroatoms. The Morgan fingerprint density at radius 2 is 0.777 bits per heavy atom. The van der Waals surface area contributed by atoms with Crippen molar-refractivity contribution >= 4 is 89.5 Å². The van der Waals surface area contributed by atoms with E-state index in [0.29, 0.717) is 11.3 Å². The van der Waals surface area contributed by atoms with E-state index in [1.807, 2.05) is 24.3 Å². The van der Waals surface area contributed by atoms with Gasteiger partial charge >= 0.3 is 0 Å². The topological polar surface area (TPSA) is 41.2 Å². The second-order valence-corrected chi connectivity index (χ2v) is 28.5. The van der Waals surface area contributed by atoms with Gasteiger partial charge in [0.25, 0.3) is 0 Å². The van der Waals surface area contributed by atoms with Crippen LogP contribution in [0.1, 0.15) is 54.5 Å². The van der Waals surface area contributed by atoms with E-state index in [1.54, 1.807) is 0 Å².